The van der Waals surface area contributed by atoms with Crippen molar-refractivity contribution in [2.45, 2.75) is 79.9 Å². The minimum atomic E-state index is -0.212. The topological polar surface area (TPSA) is 97.6 Å². The van der Waals surface area contributed by atoms with Crippen molar-refractivity contribution in [3.63, 3.8) is 0 Å². The molecular formula is C35H50O7. The van der Waals surface area contributed by atoms with E-state index in [2.05, 4.69) is 18.2 Å². The van der Waals surface area contributed by atoms with Crippen LogP contribution in [-0.2, 0) is 45.0 Å². The van der Waals surface area contributed by atoms with Gasteiger partial charge in [0, 0.05) is 55.0 Å². The summed E-state index contributed by atoms with van der Waals surface area (Å²) in [5, 5.41) is 33.3. The van der Waals surface area contributed by atoms with E-state index >= 15 is 0 Å². The number of aryl methyl sites for hydroxylation is 2. The molecule has 2 unspecified atom stereocenters. The van der Waals surface area contributed by atoms with Crippen LogP contribution in [0.3, 0.4) is 0 Å². The molecule has 0 heterocycles. The summed E-state index contributed by atoms with van der Waals surface area (Å²) in [6.45, 7) is 15.3. The second-order valence-corrected chi connectivity index (χ2v) is 10.6. The molecule has 7 heteroatoms. The van der Waals surface area contributed by atoms with Gasteiger partial charge >= 0.3 is 0 Å². The van der Waals surface area contributed by atoms with Crippen molar-refractivity contribution in [3.8, 4) is 11.5 Å². The largest absolute Gasteiger partial charge is 0.512 e. The highest BCUT2D eigenvalue weighted by Crippen LogP contribution is 2.44. The van der Waals surface area contributed by atoms with Crippen molar-refractivity contribution >= 4 is 0 Å². The maximum atomic E-state index is 11.2. The number of aromatic hydroxyl groups is 2. The van der Waals surface area contributed by atoms with E-state index in [9.17, 15) is 15.3 Å². The maximum Gasteiger partial charge on any atom is 0.126 e. The van der Waals surface area contributed by atoms with Crippen molar-refractivity contribution in [1.29, 1.82) is 0 Å². The van der Waals surface area contributed by atoms with Gasteiger partial charge in [0.2, 0.25) is 0 Å². The van der Waals surface area contributed by atoms with Gasteiger partial charge in [-0.2, -0.15) is 0 Å². The van der Waals surface area contributed by atoms with Crippen LogP contribution < -0.4 is 0 Å². The lowest BCUT2D eigenvalue weighted by Crippen LogP contribution is -2.22. The first-order chi connectivity index (χ1) is 20.3. The van der Waals surface area contributed by atoms with E-state index in [0.29, 0.717) is 81.5 Å². The number of allylic oxidation sites excluding steroid dienone is 1. The molecule has 0 radical (unpaired) electrons. The first-order valence-corrected chi connectivity index (χ1v) is 15.5. The van der Waals surface area contributed by atoms with E-state index in [1.54, 1.807) is 0 Å². The second-order valence-electron chi connectivity index (χ2n) is 10.6. The molecule has 232 valence electrons. The Morgan fingerprint density at radius 2 is 1.10 bits per heavy atom. The van der Waals surface area contributed by atoms with Crippen LogP contribution in [0.5, 0.6) is 11.5 Å². The van der Waals surface area contributed by atoms with Crippen LogP contribution in [0.2, 0.25) is 0 Å². The van der Waals surface area contributed by atoms with Gasteiger partial charge in [0.05, 0.1) is 26.4 Å². The van der Waals surface area contributed by atoms with Crippen molar-refractivity contribution in [2.75, 3.05) is 39.6 Å². The fourth-order valence-electron chi connectivity index (χ4n) is 5.64. The number of benzene rings is 2. The highest BCUT2D eigenvalue weighted by Gasteiger charge is 2.31. The molecule has 2 atom stereocenters. The first kappa shape index (κ1) is 33.7. The van der Waals surface area contributed by atoms with E-state index in [1.165, 1.54) is 0 Å². The molecule has 1 aliphatic rings. The third kappa shape index (κ3) is 8.16. The fourth-order valence-corrected chi connectivity index (χ4v) is 5.64. The number of aliphatic hydroxyl groups is 1. The molecule has 0 saturated heterocycles. The molecule has 3 N–H and O–H groups in total. The minimum absolute atomic E-state index is 0.190. The maximum absolute atomic E-state index is 11.2. The van der Waals surface area contributed by atoms with Crippen LogP contribution in [-0.4, -0.2) is 55.0 Å². The monoisotopic (exact) mass is 582 g/mol. The lowest BCUT2D eigenvalue weighted by atomic mass is 9.75. The fraction of sp³-hybridized carbons (Fsp3) is 0.543. The first-order valence-electron chi connectivity index (χ1n) is 15.5. The zero-order valence-electron chi connectivity index (χ0n) is 26.3. The average molecular weight is 583 g/mol. The molecule has 0 fully saturated rings. The van der Waals surface area contributed by atoms with E-state index in [0.717, 1.165) is 33.4 Å². The molecule has 2 aromatic carbocycles. The van der Waals surface area contributed by atoms with Gasteiger partial charge in [-0.1, -0.05) is 37.6 Å². The smallest absolute Gasteiger partial charge is 0.126 e. The van der Waals surface area contributed by atoms with Gasteiger partial charge in [-0.05, 0) is 81.3 Å². The Hall–Kier alpha value is -2.84. The molecule has 42 heavy (non-hydrogen) atoms. The van der Waals surface area contributed by atoms with Crippen LogP contribution in [0.1, 0.15) is 87.3 Å². The van der Waals surface area contributed by atoms with E-state index < -0.39 is 0 Å². The summed E-state index contributed by atoms with van der Waals surface area (Å²) in [5.41, 5.74) is 7.10. The molecule has 0 aromatic heterocycles. The van der Waals surface area contributed by atoms with Gasteiger partial charge < -0.3 is 34.3 Å². The summed E-state index contributed by atoms with van der Waals surface area (Å²) in [6.07, 6.45) is 4.06. The van der Waals surface area contributed by atoms with Gasteiger partial charge in [-0.25, -0.2) is 0 Å². The zero-order chi connectivity index (χ0) is 30.6. The molecule has 3 rings (SSSR count). The van der Waals surface area contributed by atoms with Crippen molar-refractivity contribution < 1.29 is 34.3 Å². The number of hydrogen-bond donors (Lipinski definition) is 3. The summed E-state index contributed by atoms with van der Waals surface area (Å²) in [4.78, 5) is 0. The Bertz CT molecular complexity index is 1180. The Kier molecular flexibility index (Phi) is 13.4. The van der Waals surface area contributed by atoms with Gasteiger partial charge in [-0.15, -0.1) is 0 Å². The standard InChI is InChI=1S/C35H50O7/c1-7-23-13-25(14-24(8-2)33(23)36)32(26-15-28(19-39-9-3)34(37)29(16-26)20-40-10-4)27-17-30(21-41-11-5)35(38)31(18-27)22-42-12-6/h13-17,31-32,36-38H,7-12,18-22H2,1-6H3. The Balaban J connectivity index is 2.31. The number of rotatable bonds is 17. The minimum Gasteiger partial charge on any atom is -0.512 e. The summed E-state index contributed by atoms with van der Waals surface area (Å²) in [5.74, 6) is 0.433. The highest BCUT2D eigenvalue weighted by molar-refractivity contribution is 5.55. The molecular weight excluding hydrogens is 532 g/mol. The van der Waals surface area contributed by atoms with Gasteiger partial charge in [0.25, 0.3) is 0 Å². The van der Waals surface area contributed by atoms with Crippen LogP contribution in [0.15, 0.2) is 47.2 Å². The molecule has 7 nitrogen and oxygen atoms in total. The molecule has 0 saturated carbocycles. The molecule has 0 aliphatic heterocycles. The number of phenols is 2. The lowest BCUT2D eigenvalue weighted by molar-refractivity contribution is 0.101. The van der Waals surface area contributed by atoms with Crippen molar-refractivity contribution in [2.24, 2.45) is 5.92 Å². The Morgan fingerprint density at radius 1 is 0.643 bits per heavy atom. The van der Waals surface area contributed by atoms with Gasteiger partial charge in [0.15, 0.2) is 0 Å². The summed E-state index contributed by atoms with van der Waals surface area (Å²) in [6, 6.07) is 8.23. The van der Waals surface area contributed by atoms with E-state index in [-0.39, 0.29) is 30.8 Å². The normalized spacial score (nSPS) is 16.1. The highest BCUT2D eigenvalue weighted by atomic mass is 16.5. The Morgan fingerprint density at radius 3 is 1.57 bits per heavy atom. The number of ether oxygens (including phenoxy) is 4. The van der Waals surface area contributed by atoms with Crippen LogP contribution in [0, 0.1) is 5.92 Å². The molecule has 0 spiro atoms. The van der Waals surface area contributed by atoms with Gasteiger partial charge in [-0.3, -0.25) is 0 Å². The summed E-state index contributed by atoms with van der Waals surface area (Å²) < 4.78 is 23.1. The zero-order valence-corrected chi connectivity index (χ0v) is 26.3. The SMILES string of the molecule is CCOCC1=C(O)C(COCC)CC(C(c2cc(CC)c(O)c(CC)c2)c2cc(COCC)c(O)c(COCC)c2)=C1. The van der Waals surface area contributed by atoms with Crippen LogP contribution in [0.4, 0.5) is 0 Å². The quantitative estimate of drug-likeness (QED) is 0.181. The van der Waals surface area contributed by atoms with Gasteiger partial charge in [0.1, 0.15) is 17.3 Å². The number of phenolic OH excluding ortho intramolecular Hbond substituents is 2. The van der Waals surface area contributed by atoms with E-state index in [4.69, 9.17) is 18.9 Å². The van der Waals surface area contributed by atoms with Crippen molar-refractivity contribution in [3.05, 3.63) is 80.6 Å². The number of aliphatic hydroxyl groups excluding tert-OH is 1. The predicted molar refractivity (Wildman–Crippen MR) is 166 cm³/mol. The Labute approximate surface area is 251 Å². The third-order valence-corrected chi connectivity index (χ3v) is 7.85. The van der Waals surface area contributed by atoms with Crippen molar-refractivity contribution in [1.82, 2.24) is 0 Å². The average Bonchev–Trinajstić information content (AvgIpc) is 3.00. The summed E-state index contributed by atoms with van der Waals surface area (Å²) in [7, 11) is 0. The second kappa shape index (κ2) is 16.7. The molecule has 2 aromatic rings. The lowest BCUT2D eigenvalue weighted by Gasteiger charge is -2.31. The molecule has 0 bridgehead atoms. The van der Waals surface area contributed by atoms with Crippen LogP contribution in [0.25, 0.3) is 0 Å². The van der Waals surface area contributed by atoms with E-state index in [1.807, 2.05) is 53.7 Å². The summed E-state index contributed by atoms with van der Waals surface area (Å²) >= 11 is 0. The predicted octanol–water partition coefficient (Wildman–Crippen LogP) is 7.26. The van der Waals surface area contributed by atoms with Crippen LogP contribution >= 0.6 is 0 Å². The third-order valence-electron chi connectivity index (χ3n) is 7.85. The number of hydrogen-bond acceptors (Lipinski definition) is 7. The molecule has 1 aliphatic carbocycles. The molecule has 0 amide bonds.